The first kappa shape index (κ1) is 15.2. The van der Waals surface area contributed by atoms with Gasteiger partial charge in [0, 0.05) is 24.4 Å². The zero-order chi connectivity index (χ0) is 16.1. The average molecular weight is 307 g/mol. The van der Waals surface area contributed by atoms with Crippen molar-refractivity contribution in [2.75, 3.05) is 5.32 Å². The number of anilines is 1. The fraction of sp³-hybridized carbons (Fsp3) is 0.158. The Morgan fingerprint density at radius 3 is 2.61 bits per heavy atom. The third-order valence-corrected chi connectivity index (χ3v) is 3.87. The summed E-state index contributed by atoms with van der Waals surface area (Å²) in [4.78, 5) is 0. The molecule has 0 saturated heterocycles. The second-order valence-corrected chi connectivity index (χ2v) is 5.53. The van der Waals surface area contributed by atoms with E-state index in [1.807, 2.05) is 18.3 Å². The zero-order valence-corrected chi connectivity index (χ0v) is 12.7. The fourth-order valence-electron chi connectivity index (χ4n) is 2.51. The number of benzene rings is 2. The molecule has 4 heteroatoms. The van der Waals surface area contributed by atoms with Crippen molar-refractivity contribution in [2.24, 2.45) is 16.1 Å². The Balaban J connectivity index is 1.70. The Morgan fingerprint density at radius 2 is 1.83 bits per heavy atom. The minimum absolute atomic E-state index is 0.168. The van der Waals surface area contributed by atoms with Crippen LogP contribution in [0, 0.1) is 11.7 Å². The van der Waals surface area contributed by atoms with Gasteiger partial charge in [-0.15, -0.1) is 0 Å². The first-order valence-electron chi connectivity index (χ1n) is 7.54. The predicted molar refractivity (Wildman–Crippen MR) is 93.5 cm³/mol. The zero-order valence-electron chi connectivity index (χ0n) is 12.7. The van der Waals surface area contributed by atoms with Gasteiger partial charge in [0.05, 0.1) is 6.21 Å². The molecule has 0 aromatic heterocycles. The first-order chi connectivity index (χ1) is 11.2. The van der Waals surface area contributed by atoms with Crippen LogP contribution in [0.1, 0.15) is 11.1 Å². The molecule has 2 aromatic rings. The Kier molecular flexibility index (Phi) is 4.62. The lowest BCUT2D eigenvalue weighted by Crippen LogP contribution is -2.14. The molecule has 1 N–H and O–H groups in total. The van der Waals surface area contributed by atoms with Crippen molar-refractivity contribution in [3.63, 3.8) is 0 Å². The molecule has 0 bridgehead atoms. The summed E-state index contributed by atoms with van der Waals surface area (Å²) in [7, 11) is 0. The molecular formula is C19H18FN3. The summed E-state index contributed by atoms with van der Waals surface area (Å²) >= 11 is 0. The maximum atomic E-state index is 13.0. The quantitative estimate of drug-likeness (QED) is 0.882. The van der Waals surface area contributed by atoms with Gasteiger partial charge in [0.1, 0.15) is 5.82 Å². The van der Waals surface area contributed by atoms with Gasteiger partial charge in [0.25, 0.3) is 0 Å². The van der Waals surface area contributed by atoms with Crippen molar-refractivity contribution in [3.8, 4) is 0 Å². The van der Waals surface area contributed by atoms with Gasteiger partial charge >= 0.3 is 0 Å². The van der Waals surface area contributed by atoms with Gasteiger partial charge in [-0.3, -0.25) is 0 Å². The van der Waals surface area contributed by atoms with E-state index in [0.29, 0.717) is 6.54 Å². The van der Waals surface area contributed by atoms with Gasteiger partial charge in [-0.25, -0.2) is 4.39 Å². The van der Waals surface area contributed by atoms with E-state index in [2.05, 4.69) is 34.2 Å². The molecule has 3 nitrogen and oxygen atoms in total. The van der Waals surface area contributed by atoms with Crippen molar-refractivity contribution in [2.45, 2.75) is 13.0 Å². The van der Waals surface area contributed by atoms with E-state index in [-0.39, 0.29) is 11.7 Å². The van der Waals surface area contributed by atoms with Crippen molar-refractivity contribution >= 4 is 18.1 Å². The van der Waals surface area contributed by atoms with Crippen LogP contribution in [0.2, 0.25) is 0 Å². The number of allylic oxidation sites excluding steroid dienone is 1. The van der Waals surface area contributed by atoms with Crippen LogP contribution in [-0.2, 0) is 13.0 Å². The summed E-state index contributed by atoms with van der Waals surface area (Å²) in [5.74, 6) is -0.0489. The van der Waals surface area contributed by atoms with E-state index in [0.717, 1.165) is 23.2 Å². The van der Waals surface area contributed by atoms with Crippen LogP contribution >= 0.6 is 0 Å². The Bertz CT molecular complexity index is 747. The molecule has 0 amide bonds. The molecule has 1 aliphatic heterocycles. The van der Waals surface area contributed by atoms with Crippen molar-refractivity contribution < 1.29 is 4.39 Å². The summed E-state index contributed by atoms with van der Waals surface area (Å²) in [5.41, 5.74) is 4.27. The molecule has 1 atom stereocenters. The Labute approximate surface area is 135 Å². The highest BCUT2D eigenvalue weighted by Crippen LogP contribution is 2.22. The van der Waals surface area contributed by atoms with Gasteiger partial charge in [0.15, 0.2) is 0 Å². The normalized spacial score (nSPS) is 16.6. The summed E-state index contributed by atoms with van der Waals surface area (Å²) in [6.45, 7) is 4.68. The van der Waals surface area contributed by atoms with E-state index in [1.54, 1.807) is 18.3 Å². The van der Waals surface area contributed by atoms with Crippen LogP contribution in [0.25, 0.3) is 0 Å². The molecule has 3 rings (SSSR count). The third kappa shape index (κ3) is 3.92. The van der Waals surface area contributed by atoms with Crippen LogP contribution in [0.3, 0.4) is 0 Å². The second-order valence-electron chi connectivity index (χ2n) is 5.53. The van der Waals surface area contributed by atoms with E-state index < -0.39 is 0 Å². The molecular weight excluding hydrogens is 289 g/mol. The topological polar surface area (TPSA) is 36.8 Å². The summed E-state index contributed by atoms with van der Waals surface area (Å²) < 4.78 is 13.0. The molecule has 0 spiro atoms. The fourth-order valence-corrected chi connectivity index (χ4v) is 2.51. The minimum atomic E-state index is -0.217. The standard InChI is InChI=1S/C19H18FN3/c1-14-11-22-23-13-17(14)10-16-4-2-3-5-19(16)21-12-15-6-8-18(20)9-7-15/h2-9,11,13,17,21H,1,10,12H2. The highest BCUT2D eigenvalue weighted by atomic mass is 19.1. The molecule has 1 unspecified atom stereocenters. The van der Waals surface area contributed by atoms with E-state index in [9.17, 15) is 4.39 Å². The molecule has 0 aliphatic carbocycles. The average Bonchev–Trinajstić information content (AvgIpc) is 2.57. The smallest absolute Gasteiger partial charge is 0.123 e. The maximum Gasteiger partial charge on any atom is 0.123 e. The lowest BCUT2D eigenvalue weighted by atomic mass is 9.93. The third-order valence-electron chi connectivity index (χ3n) is 3.87. The SMILES string of the molecule is C=C1C=NN=CC1Cc1ccccc1NCc1ccc(F)cc1. The lowest BCUT2D eigenvalue weighted by molar-refractivity contribution is 0.627. The van der Waals surface area contributed by atoms with Crippen molar-refractivity contribution in [3.05, 3.63) is 77.6 Å². The molecule has 116 valence electrons. The van der Waals surface area contributed by atoms with Crippen LogP contribution < -0.4 is 5.32 Å². The summed E-state index contributed by atoms with van der Waals surface area (Å²) in [5, 5.41) is 11.2. The van der Waals surface area contributed by atoms with Gasteiger partial charge < -0.3 is 5.32 Å². The van der Waals surface area contributed by atoms with Gasteiger partial charge in [-0.1, -0.05) is 36.9 Å². The number of nitrogens with one attached hydrogen (secondary N) is 1. The predicted octanol–water partition coefficient (Wildman–Crippen LogP) is 4.22. The molecule has 1 aliphatic rings. The van der Waals surface area contributed by atoms with Gasteiger partial charge in [0.2, 0.25) is 0 Å². The molecule has 0 saturated carbocycles. The minimum Gasteiger partial charge on any atom is -0.381 e. The van der Waals surface area contributed by atoms with Crippen LogP contribution in [-0.4, -0.2) is 12.4 Å². The number of nitrogens with zero attached hydrogens (tertiary/aromatic N) is 2. The second kappa shape index (κ2) is 7.01. The van der Waals surface area contributed by atoms with Crippen molar-refractivity contribution in [1.82, 2.24) is 0 Å². The van der Waals surface area contributed by atoms with Gasteiger partial charge in [-0.2, -0.15) is 10.2 Å². The first-order valence-corrected chi connectivity index (χ1v) is 7.54. The number of rotatable bonds is 5. The largest absolute Gasteiger partial charge is 0.381 e. The van der Waals surface area contributed by atoms with E-state index >= 15 is 0 Å². The van der Waals surface area contributed by atoms with E-state index in [1.165, 1.54) is 17.7 Å². The number of hydrogen-bond acceptors (Lipinski definition) is 3. The van der Waals surface area contributed by atoms with E-state index in [4.69, 9.17) is 0 Å². The monoisotopic (exact) mass is 307 g/mol. The maximum absolute atomic E-state index is 13.0. The van der Waals surface area contributed by atoms with Crippen LogP contribution in [0.5, 0.6) is 0 Å². The Hall–Kier alpha value is -2.75. The van der Waals surface area contributed by atoms with Crippen LogP contribution in [0.15, 0.2) is 70.9 Å². The molecule has 0 radical (unpaired) electrons. The van der Waals surface area contributed by atoms with Crippen molar-refractivity contribution in [1.29, 1.82) is 0 Å². The summed E-state index contributed by atoms with van der Waals surface area (Å²) in [6.07, 6.45) is 4.36. The number of para-hydroxylation sites is 1. The molecule has 1 heterocycles. The molecule has 0 fully saturated rings. The lowest BCUT2D eigenvalue weighted by Gasteiger charge is -2.17. The highest BCUT2D eigenvalue weighted by molar-refractivity contribution is 5.88. The van der Waals surface area contributed by atoms with Gasteiger partial charge in [-0.05, 0) is 41.3 Å². The number of hydrogen-bond donors (Lipinski definition) is 1. The highest BCUT2D eigenvalue weighted by Gasteiger charge is 2.14. The Morgan fingerprint density at radius 1 is 1.04 bits per heavy atom. The van der Waals surface area contributed by atoms with Crippen LogP contribution in [0.4, 0.5) is 10.1 Å². The molecule has 23 heavy (non-hydrogen) atoms. The summed E-state index contributed by atoms with van der Waals surface area (Å²) in [6, 6.07) is 14.7. The number of halogens is 1. The molecule has 2 aromatic carbocycles.